The highest BCUT2D eigenvalue weighted by Gasteiger charge is 2.34. The number of aliphatic hydroxyl groups excluding tert-OH is 1. The van der Waals surface area contributed by atoms with E-state index >= 15 is 0 Å². The number of hydrogen-bond donors (Lipinski definition) is 3. The minimum Gasteiger partial charge on any atom is -0.392 e. The number of benzene rings is 4. The van der Waals surface area contributed by atoms with E-state index in [1.807, 2.05) is 79.7 Å². The molecule has 0 radical (unpaired) electrons. The van der Waals surface area contributed by atoms with Crippen molar-refractivity contribution in [2.24, 2.45) is 0 Å². The fourth-order valence-corrected chi connectivity index (χ4v) is 7.66. The fourth-order valence-electron chi connectivity index (χ4n) is 6.47. The largest absolute Gasteiger partial charge is 0.392 e. The first-order chi connectivity index (χ1) is 23.8. The Hall–Kier alpha value is -3.90. The minimum atomic E-state index is -3.98. The van der Waals surface area contributed by atoms with Crippen LogP contribution in [0.25, 0.3) is 0 Å². The van der Waals surface area contributed by atoms with Crippen molar-refractivity contribution in [2.75, 3.05) is 25.0 Å². The molecule has 0 saturated carbocycles. The molecule has 4 aromatic carbocycles. The maximum Gasteiger partial charge on any atom is 0.242 e. The molecular weight excluding hydrogens is 639 g/mol. The second-order valence-electron chi connectivity index (χ2n) is 13.0. The Bertz CT molecular complexity index is 1780. The molecule has 4 aromatic rings. The molecule has 4 unspecified atom stereocenters. The third kappa shape index (κ3) is 9.42. The average Bonchev–Trinajstić information content (AvgIpc) is 3.12. The van der Waals surface area contributed by atoms with Crippen molar-refractivity contribution in [2.45, 2.75) is 75.1 Å². The van der Waals surface area contributed by atoms with Gasteiger partial charge in [-0.2, -0.15) is 4.72 Å². The van der Waals surface area contributed by atoms with Gasteiger partial charge in [0.25, 0.3) is 0 Å². The number of piperidine rings is 1. The molecule has 0 bridgehead atoms. The number of ether oxygens (including phenoxy) is 2. The summed E-state index contributed by atoms with van der Waals surface area (Å²) in [6, 6.07) is 30.0. The molecule has 2 fully saturated rings. The number of nitrogens with zero attached hydrogens (tertiary/aromatic N) is 1. The standard InChI is InChI=1S/C39H45N3O6S/c1-28-13-19-35(20-14-28)49(45,46)41-36(23-29-9-4-2-5-10-29)38(44)40-33-12-8-11-32(24-33)39-47-34(26-42-21-6-3-7-22-42)25-37(48-39)31-17-15-30(27-43)16-18-31/h2,4-5,8-20,24,34,36-37,39,41,43H,3,6-7,21-23,25-27H2,1H3,(H,40,44). The van der Waals surface area contributed by atoms with Crippen LogP contribution in [0, 0.1) is 6.92 Å². The van der Waals surface area contributed by atoms with Crippen LogP contribution in [0.15, 0.2) is 108 Å². The smallest absolute Gasteiger partial charge is 0.242 e. The van der Waals surface area contributed by atoms with E-state index in [4.69, 9.17) is 9.47 Å². The van der Waals surface area contributed by atoms with Gasteiger partial charge in [0.05, 0.1) is 23.7 Å². The van der Waals surface area contributed by atoms with E-state index in [0.717, 1.165) is 47.5 Å². The second kappa shape index (κ2) is 16.2. The van der Waals surface area contributed by atoms with E-state index in [1.54, 1.807) is 18.2 Å². The highest BCUT2D eigenvalue weighted by atomic mass is 32.2. The van der Waals surface area contributed by atoms with E-state index in [1.165, 1.54) is 31.4 Å². The SMILES string of the molecule is Cc1ccc(S(=O)(=O)NC(Cc2ccccc2)C(=O)Nc2cccc(C3OC(CN4CCCCC4)CC(c4ccc(CO)cc4)O3)c2)cc1. The van der Waals surface area contributed by atoms with Crippen molar-refractivity contribution in [1.29, 1.82) is 0 Å². The van der Waals surface area contributed by atoms with Gasteiger partial charge in [-0.25, -0.2) is 8.42 Å². The van der Waals surface area contributed by atoms with Gasteiger partial charge in [0, 0.05) is 24.2 Å². The monoisotopic (exact) mass is 683 g/mol. The summed E-state index contributed by atoms with van der Waals surface area (Å²) in [6.45, 7) is 4.79. The van der Waals surface area contributed by atoms with E-state index in [-0.39, 0.29) is 30.1 Å². The number of aliphatic hydroxyl groups is 1. The van der Waals surface area contributed by atoms with Gasteiger partial charge in [0.1, 0.15) is 6.04 Å². The lowest BCUT2D eigenvalue weighted by molar-refractivity contribution is -0.253. The highest BCUT2D eigenvalue weighted by molar-refractivity contribution is 7.89. The number of hydrogen-bond acceptors (Lipinski definition) is 7. The predicted molar refractivity (Wildman–Crippen MR) is 189 cm³/mol. The highest BCUT2D eigenvalue weighted by Crippen LogP contribution is 2.39. The zero-order valence-electron chi connectivity index (χ0n) is 27.8. The maximum absolute atomic E-state index is 13.8. The molecule has 2 heterocycles. The van der Waals surface area contributed by atoms with Crippen molar-refractivity contribution in [3.8, 4) is 0 Å². The molecule has 2 aliphatic rings. The molecule has 9 nitrogen and oxygen atoms in total. The normalized spacial score (nSPS) is 20.8. The first-order valence-electron chi connectivity index (χ1n) is 17.0. The molecule has 4 atom stereocenters. The number of aryl methyl sites for hydroxylation is 1. The zero-order valence-corrected chi connectivity index (χ0v) is 28.6. The third-order valence-electron chi connectivity index (χ3n) is 9.18. The first kappa shape index (κ1) is 34.9. The Morgan fingerprint density at radius 1 is 0.857 bits per heavy atom. The summed E-state index contributed by atoms with van der Waals surface area (Å²) >= 11 is 0. The molecule has 2 saturated heterocycles. The van der Waals surface area contributed by atoms with Crippen LogP contribution in [-0.4, -0.2) is 56.1 Å². The number of sulfonamides is 1. The van der Waals surface area contributed by atoms with Gasteiger partial charge in [-0.05, 0) is 80.2 Å². The lowest BCUT2D eigenvalue weighted by atomic mass is 9.99. The molecule has 0 spiro atoms. The van der Waals surface area contributed by atoms with Crippen molar-refractivity contribution in [3.05, 3.63) is 131 Å². The topological polar surface area (TPSA) is 117 Å². The van der Waals surface area contributed by atoms with Gasteiger partial charge in [-0.1, -0.05) is 90.8 Å². The van der Waals surface area contributed by atoms with Crippen molar-refractivity contribution >= 4 is 21.6 Å². The van der Waals surface area contributed by atoms with Gasteiger partial charge in [-0.15, -0.1) is 0 Å². The summed E-state index contributed by atoms with van der Waals surface area (Å²) in [4.78, 5) is 16.4. The number of likely N-dealkylation sites (tertiary alicyclic amines) is 1. The second-order valence-corrected chi connectivity index (χ2v) is 14.7. The number of amides is 1. The lowest BCUT2D eigenvalue weighted by Crippen LogP contribution is -2.45. The fraction of sp³-hybridized carbons (Fsp3) is 0.359. The van der Waals surface area contributed by atoms with Crippen LogP contribution < -0.4 is 10.0 Å². The Morgan fingerprint density at radius 2 is 1.59 bits per heavy atom. The minimum absolute atomic E-state index is 0.0206. The molecule has 0 aromatic heterocycles. The molecule has 3 N–H and O–H groups in total. The number of nitrogens with one attached hydrogen (secondary N) is 2. The summed E-state index contributed by atoms with van der Waals surface area (Å²) in [6.07, 6.45) is 3.54. The molecule has 10 heteroatoms. The average molecular weight is 684 g/mol. The molecule has 1 amide bonds. The van der Waals surface area contributed by atoms with Crippen LogP contribution in [-0.2, 0) is 37.3 Å². The predicted octanol–water partition coefficient (Wildman–Crippen LogP) is 6.05. The van der Waals surface area contributed by atoms with Crippen LogP contribution in [0.1, 0.15) is 65.9 Å². The van der Waals surface area contributed by atoms with Gasteiger partial charge < -0.3 is 24.8 Å². The number of anilines is 1. The van der Waals surface area contributed by atoms with Crippen LogP contribution >= 0.6 is 0 Å². The van der Waals surface area contributed by atoms with Crippen LogP contribution in [0.3, 0.4) is 0 Å². The maximum atomic E-state index is 13.8. The van der Waals surface area contributed by atoms with Crippen molar-refractivity contribution in [1.82, 2.24) is 9.62 Å². The zero-order chi connectivity index (χ0) is 34.2. The molecule has 0 aliphatic carbocycles. The summed E-state index contributed by atoms with van der Waals surface area (Å²) in [5.41, 5.74) is 4.87. The van der Waals surface area contributed by atoms with Gasteiger partial charge >= 0.3 is 0 Å². The summed E-state index contributed by atoms with van der Waals surface area (Å²) in [5.74, 6) is -0.480. The Balaban J connectivity index is 1.21. The summed E-state index contributed by atoms with van der Waals surface area (Å²) < 4.78 is 42.5. The quantitative estimate of drug-likeness (QED) is 0.167. The van der Waals surface area contributed by atoms with Crippen molar-refractivity contribution < 1.29 is 27.8 Å². The van der Waals surface area contributed by atoms with E-state index in [2.05, 4.69) is 14.9 Å². The Kier molecular flexibility index (Phi) is 11.6. The molecule has 6 rings (SSSR count). The van der Waals surface area contributed by atoms with Gasteiger partial charge in [-0.3, -0.25) is 4.79 Å². The van der Waals surface area contributed by atoms with Crippen molar-refractivity contribution in [3.63, 3.8) is 0 Å². The number of carbonyl (C=O) groups excluding carboxylic acids is 1. The summed E-state index contributed by atoms with van der Waals surface area (Å²) in [5, 5.41) is 12.5. The first-order valence-corrected chi connectivity index (χ1v) is 18.5. The van der Waals surface area contributed by atoms with Gasteiger partial charge in [0.2, 0.25) is 15.9 Å². The van der Waals surface area contributed by atoms with E-state index in [0.29, 0.717) is 12.1 Å². The van der Waals surface area contributed by atoms with Crippen LogP contribution in [0.5, 0.6) is 0 Å². The molecule has 258 valence electrons. The van der Waals surface area contributed by atoms with Gasteiger partial charge in [0.15, 0.2) is 6.29 Å². The molecule has 2 aliphatic heterocycles. The third-order valence-corrected chi connectivity index (χ3v) is 10.7. The van der Waals surface area contributed by atoms with E-state index < -0.39 is 28.3 Å². The summed E-state index contributed by atoms with van der Waals surface area (Å²) in [7, 11) is -3.98. The van der Waals surface area contributed by atoms with E-state index in [9.17, 15) is 18.3 Å². The van der Waals surface area contributed by atoms with Crippen LogP contribution in [0.2, 0.25) is 0 Å². The molecule has 49 heavy (non-hydrogen) atoms. The Labute approximate surface area is 289 Å². The number of rotatable bonds is 12. The Morgan fingerprint density at radius 3 is 2.31 bits per heavy atom. The van der Waals surface area contributed by atoms with Crippen LogP contribution in [0.4, 0.5) is 5.69 Å². The molecular formula is C39H45N3O6S. The number of carbonyl (C=O) groups is 1. The lowest BCUT2D eigenvalue weighted by Gasteiger charge is -2.39.